The van der Waals surface area contributed by atoms with Crippen LogP contribution in [-0.2, 0) is 16.2 Å². The van der Waals surface area contributed by atoms with E-state index in [0.29, 0.717) is 30.3 Å². The van der Waals surface area contributed by atoms with Crippen molar-refractivity contribution in [1.29, 1.82) is 0 Å². The van der Waals surface area contributed by atoms with Crippen LogP contribution in [0.4, 0.5) is 4.79 Å². The minimum Gasteiger partial charge on any atom is -0.490 e. The molecule has 7 nitrogen and oxygen atoms in total. The summed E-state index contributed by atoms with van der Waals surface area (Å²) >= 11 is 0. The van der Waals surface area contributed by atoms with Gasteiger partial charge >= 0.3 is 6.03 Å². The number of carbonyl (C=O) groups excluding carboxylic acids is 3. The molecule has 0 spiro atoms. The highest BCUT2D eigenvalue weighted by molar-refractivity contribution is 6.31. The molecule has 4 amide bonds. The first kappa shape index (κ1) is 22.6. The fourth-order valence-electron chi connectivity index (χ4n) is 4.30. The van der Waals surface area contributed by atoms with E-state index < -0.39 is 17.8 Å². The number of carbonyl (C=O) groups is 3. The van der Waals surface area contributed by atoms with Gasteiger partial charge in [0.1, 0.15) is 12.2 Å². The van der Waals surface area contributed by atoms with Crippen LogP contribution in [0.15, 0.2) is 48.0 Å². The van der Waals surface area contributed by atoms with Crippen LogP contribution in [0.3, 0.4) is 0 Å². The highest BCUT2D eigenvalue weighted by atomic mass is 16.5. The number of imide groups is 2. The standard InChI is InChI=1S/C26H28N2O5/c1-3-32-23-15-18(11-12-22(23)33-16-19-8-6-7-17(2)13-19)14-21-24(29)27-26(31)28(25(21)30)20-9-4-5-10-20/h6-8,11-15,20H,3-5,9-10,16H2,1-2H3,(H,27,29,31)/b21-14+. The molecular formula is C26H28N2O5. The van der Waals surface area contributed by atoms with Gasteiger partial charge in [0, 0.05) is 6.04 Å². The highest BCUT2D eigenvalue weighted by Gasteiger charge is 2.40. The molecule has 33 heavy (non-hydrogen) atoms. The number of hydrogen-bond donors (Lipinski definition) is 1. The third kappa shape index (κ3) is 5.08. The van der Waals surface area contributed by atoms with Gasteiger partial charge in [-0.1, -0.05) is 48.7 Å². The van der Waals surface area contributed by atoms with Gasteiger partial charge in [0.05, 0.1) is 6.61 Å². The van der Waals surface area contributed by atoms with E-state index in [0.717, 1.165) is 36.8 Å². The lowest BCUT2D eigenvalue weighted by molar-refractivity contribution is -0.131. The summed E-state index contributed by atoms with van der Waals surface area (Å²) in [6.45, 7) is 4.73. The molecule has 1 heterocycles. The maximum absolute atomic E-state index is 13.0. The van der Waals surface area contributed by atoms with Gasteiger partial charge in [0.25, 0.3) is 11.8 Å². The molecule has 172 valence electrons. The first-order valence-corrected chi connectivity index (χ1v) is 11.3. The molecule has 1 saturated carbocycles. The number of ether oxygens (including phenoxy) is 2. The molecule has 7 heteroatoms. The fourth-order valence-corrected chi connectivity index (χ4v) is 4.30. The van der Waals surface area contributed by atoms with Crippen LogP contribution >= 0.6 is 0 Å². The number of benzene rings is 2. The first-order valence-electron chi connectivity index (χ1n) is 11.3. The Hall–Kier alpha value is -3.61. The number of rotatable bonds is 7. The molecule has 2 aliphatic rings. The van der Waals surface area contributed by atoms with E-state index in [2.05, 4.69) is 11.4 Å². The molecular weight excluding hydrogens is 420 g/mol. The summed E-state index contributed by atoms with van der Waals surface area (Å²) < 4.78 is 11.7. The summed E-state index contributed by atoms with van der Waals surface area (Å²) in [6.07, 6.45) is 4.97. The maximum atomic E-state index is 13.0. The van der Waals surface area contributed by atoms with Crippen molar-refractivity contribution >= 4 is 23.9 Å². The van der Waals surface area contributed by atoms with Crippen LogP contribution in [0.1, 0.15) is 49.3 Å². The number of amides is 4. The summed E-state index contributed by atoms with van der Waals surface area (Å²) in [7, 11) is 0. The third-order valence-corrected chi connectivity index (χ3v) is 5.88. The number of hydrogen-bond acceptors (Lipinski definition) is 5. The largest absolute Gasteiger partial charge is 0.490 e. The molecule has 0 bridgehead atoms. The van der Waals surface area contributed by atoms with E-state index in [9.17, 15) is 14.4 Å². The third-order valence-electron chi connectivity index (χ3n) is 5.88. The average Bonchev–Trinajstić information content (AvgIpc) is 3.30. The Labute approximate surface area is 193 Å². The molecule has 2 aromatic carbocycles. The van der Waals surface area contributed by atoms with Gasteiger partial charge in [-0.2, -0.15) is 0 Å². The molecule has 0 radical (unpaired) electrons. The highest BCUT2D eigenvalue weighted by Crippen LogP contribution is 2.31. The Morgan fingerprint density at radius 1 is 1.03 bits per heavy atom. The summed E-state index contributed by atoms with van der Waals surface area (Å²) in [5.41, 5.74) is 2.76. The molecule has 2 aromatic rings. The Bertz CT molecular complexity index is 1100. The van der Waals surface area contributed by atoms with Crippen molar-refractivity contribution in [2.24, 2.45) is 0 Å². The van der Waals surface area contributed by atoms with Gasteiger partial charge in [-0.25, -0.2) is 4.79 Å². The van der Waals surface area contributed by atoms with Crippen molar-refractivity contribution in [1.82, 2.24) is 10.2 Å². The van der Waals surface area contributed by atoms with Crippen LogP contribution in [0.2, 0.25) is 0 Å². The smallest absolute Gasteiger partial charge is 0.331 e. The Morgan fingerprint density at radius 2 is 1.82 bits per heavy atom. The van der Waals surface area contributed by atoms with E-state index in [1.165, 1.54) is 11.0 Å². The van der Waals surface area contributed by atoms with E-state index in [4.69, 9.17) is 9.47 Å². The molecule has 2 fully saturated rings. The molecule has 0 unspecified atom stereocenters. The van der Waals surface area contributed by atoms with Crippen LogP contribution in [0, 0.1) is 6.92 Å². The molecule has 4 rings (SSSR count). The van der Waals surface area contributed by atoms with Crippen LogP contribution in [0.25, 0.3) is 6.08 Å². The second kappa shape index (κ2) is 9.90. The molecule has 0 aromatic heterocycles. The van der Waals surface area contributed by atoms with Crippen molar-refractivity contribution in [2.45, 2.75) is 52.2 Å². The minimum atomic E-state index is -0.683. The summed E-state index contributed by atoms with van der Waals surface area (Å²) in [6, 6.07) is 12.5. The molecule has 1 N–H and O–H groups in total. The number of barbiturate groups is 1. The van der Waals surface area contributed by atoms with Gasteiger partial charge in [-0.05, 0) is 56.0 Å². The predicted octanol–water partition coefficient (Wildman–Crippen LogP) is 4.38. The molecule has 0 atom stereocenters. The van der Waals surface area contributed by atoms with Crippen molar-refractivity contribution in [3.05, 3.63) is 64.7 Å². The van der Waals surface area contributed by atoms with Gasteiger partial charge in [-0.3, -0.25) is 19.8 Å². The Kier molecular flexibility index (Phi) is 6.77. The van der Waals surface area contributed by atoms with Gasteiger partial charge in [0.15, 0.2) is 11.5 Å². The van der Waals surface area contributed by atoms with Crippen LogP contribution in [-0.4, -0.2) is 35.4 Å². The van der Waals surface area contributed by atoms with Crippen molar-refractivity contribution < 1.29 is 23.9 Å². The van der Waals surface area contributed by atoms with E-state index in [-0.39, 0.29) is 11.6 Å². The van der Waals surface area contributed by atoms with Crippen LogP contribution in [0.5, 0.6) is 11.5 Å². The SMILES string of the molecule is CCOc1cc(/C=C2\C(=O)NC(=O)N(C3CCCC3)C2=O)ccc1OCc1cccc(C)c1. The van der Waals surface area contributed by atoms with Gasteiger partial charge in [0.2, 0.25) is 0 Å². The summed E-state index contributed by atoms with van der Waals surface area (Å²) in [5.74, 6) is -0.139. The van der Waals surface area contributed by atoms with E-state index >= 15 is 0 Å². The van der Waals surface area contributed by atoms with Crippen LogP contribution < -0.4 is 14.8 Å². The first-order chi connectivity index (χ1) is 16.0. The topological polar surface area (TPSA) is 84.9 Å². The fraction of sp³-hybridized carbons (Fsp3) is 0.346. The monoisotopic (exact) mass is 448 g/mol. The van der Waals surface area contributed by atoms with Crippen molar-refractivity contribution in [3.63, 3.8) is 0 Å². The maximum Gasteiger partial charge on any atom is 0.331 e. The summed E-state index contributed by atoms with van der Waals surface area (Å²) in [4.78, 5) is 39.0. The average molecular weight is 449 g/mol. The number of aryl methyl sites for hydroxylation is 1. The lowest BCUT2D eigenvalue weighted by atomic mass is 10.0. The second-order valence-corrected chi connectivity index (χ2v) is 8.35. The zero-order valence-electron chi connectivity index (χ0n) is 18.9. The second-order valence-electron chi connectivity index (χ2n) is 8.35. The minimum absolute atomic E-state index is 0.0580. The van der Waals surface area contributed by atoms with E-state index in [1.54, 1.807) is 18.2 Å². The van der Waals surface area contributed by atoms with Crippen molar-refractivity contribution in [3.8, 4) is 11.5 Å². The molecule has 1 saturated heterocycles. The Balaban J connectivity index is 1.57. The lowest BCUT2D eigenvalue weighted by Gasteiger charge is -2.31. The zero-order chi connectivity index (χ0) is 23.4. The zero-order valence-corrected chi connectivity index (χ0v) is 18.9. The summed E-state index contributed by atoms with van der Waals surface area (Å²) in [5, 5.41) is 2.30. The predicted molar refractivity (Wildman–Crippen MR) is 124 cm³/mol. The quantitative estimate of drug-likeness (QED) is 0.502. The van der Waals surface area contributed by atoms with E-state index in [1.807, 2.05) is 32.0 Å². The molecule has 1 aliphatic heterocycles. The Morgan fingerprint density at radius 3 is 2.55 bits per heavy atom. The van der Waals surface area contributed by atoms with Gasteiger partial charge < -0.3 is 9.47 Å². The normalized spacial score (nSPS) is 18.1. The number of nitrogens with zero attached hydrogens (tertiary/aromatic N) is 1. The molecule has 1 aliphatic carbocycles. The number of urea groups is 1. The van der Waals surface area contributed by atoms with Gasteiger partial charge in [-0.15, -0.1) is 0 Å². The number of nitrogens with one attached hydrogen (secondary N) is 1. The lowest BCUT2D eigenvalue weighted by Crippen LogP contribution is -2.57. The van der Waals surface area contributed by atoms with Crippen molar-refractivity contribution in [2.75, 3.05) is 6.61 Å².